The molecule has 7 rings (SSSR count). The van der Waals surface area contributed by atoms with E-state index in [4.69, 9.17) is 18.9 Å². The highest BCUT2D eigenvalue weighted by atomic mass is 19.3. The molecular formula is C28H33F2O10-. The summed E-state index contributed by atoms with van der Waals surface area (Å²) < 4.78 is 51.3. The number of halogens is 2. The van der Waals surface area contributed by atoms with E-state index >= 15 is 0 Å². The smallest absolute Gasteiger partial charge is 0.323 e. The zero-order valence-corrected chi connectivity index (χ0v) is 22.6. The number of fused-ring (bicyclic) bond motifs is 1. The molecule has 1 heterocycles. The quantitative estimate of drug-likeness (QED) is 0.313. The van der Waals surface area contributed by atoms with Crippen LogP contribution in [0.4, 0.5) is 8.78 Å². The van der Waals surface area contributed by atoms with Gasteiger partial charge in [-0.15, -0.1) is 0 Å². The van der Waals surface area contributed by atoms with Gasteiger partial charge in [0.2, 0.25) is 0 Å². The van der Waals surface area contributed by atoms with Gasteiger partial charge in [0.05, 0.1) is 17.3 Å². The van der Waals surface area contributed by atoms with E-state index in [1.165, 1.54) is 20.8 Å². The molecule has 0 aromatic rings. The molecule has 0 spiro atoms. The average Bonchev–Trinajstić information content (AvgIpc) is 3.44. The molecule has 0 aromatic carbocycles. The molecular weight excluding hydrogens is 534 g/mol. The SMILES string of the molecule is CC(=O)OC1C2CC3C1OC(=O)C3C2C(=O)OC12CC3CC(C1)CC(C(=O)OC(C(C)C)C(F)(F)C(=O)[O-])(C3)C2. The Kier molecular flexibility index (Phi) is 6.06. The Morgan fingerprint density at radius 2 is 1.70 bits per heavy atom. The van der Waals surface area contributed by atoms with Gasteiger partial charge in [0.15, 0.2) is 6.10 Å². The minimum Gasteiger partial charge on any atom is -0.544 e. The van der Waals surface area contributed by atoms with E-state index in [2.05, 4.69) is 0 Å². The van der Waals surface area contributed by atoms with Crippen LogP contribution in [0.1, 0.15) is 65.7 Å². The van der Waals surface area contributed by atoms with Crippen molar-refractivity contribution < 1.29 is 56.8 Å². The number of hydrogen-bond acceptors (Lipinski definition) is 10. The monoisotopic (exact) mass is 567 g/mol. The fourth-order valence-corrected chi connectivity index (χ4v) is 9.46. The van der Waals surface area contributed by atoms with Gasteiger partial charge in [-0.2, -0.15) is 8.78 Å². The van der Waals surface area contributed by atoms with Crippen LogP contribution >= 0.6 is 0 Å². The summed E-state index contributed by atoms with van der Waals surface area (Å²) >= 11 is 0. The molecule has 0 radical (unpaired) electrons. The fraction of sp³-hybridized carbons (Fsp3) is 0.821. The topological polar surface area (TPSA) is 145 Å². The predicted octanol–water partition coefficient (Wildman–Crippen LogP) is 1.56. The molecule has 0 amide bonds. The maximum atomic E-state index is 14.4. The maximum Gasteiger partial charge on any atom is 0.323 e. The molecule has 1 saturated heterocycles. The van der Waals surface area contributed by atoms with Gasteiger partial charge in [0.1, 0.15) is 23.8 Å². The van der Waals surface area contributed by atoms with E-state index in [1.54, 1.807) is 0 Å². The Labute approximate surface area is 229 Å². The lowest BCUT2D eigenvalue weighted by atomic mass is 9.48. The van der Waals surface area contributed by atoms with Gasteiger partial charge in [0.25, 0.3) is 0 Å². The van der Waals surface area contributed by atoms with E-state index in [0.29, 0.717) is 32.1 Å². The minimum absolute atomic E-state index is 0.00426. The first-order valence-electron chi connectivity index (χ1n) is 14.1. The molecule has 6 aliphatic carbocycles. The lowest BCUT2D eigenvalue weighted by Gasteiger charge is -2.60. The Bertz CT molecular complexity index is 1150. The predicted molar refractivity (Wildman–Crippen MR) is 125 cm³/mol. The number of alkyl halides is 2. The second kappa shape index (κ2) is 8.85. The molecule has 0 aromatic heterocycles. The highest BCUT2D eigenvalue weighted by Gasteiger charge is 2.71. The zero-order chi connectivity index (χ0) is 28.9. The number of carboxylic acid groups (broad SMARTS) is 1. The summed E-state index contributed by atoms with van der Waals surface area (Å²) in [6.45, 7) is 3.94. The van der Waals surface area contributed by atoms with Crippen molar-refractivity contribution in [2.45, 2.75) is 95.6 Å². The van der Waals surface area contributed by atoms with Crippen LogP contribution in [0.15, 0.2) is 0 Å². The summed E-state index contributed by atoms with van der Waals surface area (Å²) in [6.07, 6.45) is -0.369. The van der Waals surface area contributed by atoms with Gasteiger partial charge < -0.3 is 28.8 Å². The summed E-state index contributed by atoms with van der Waals surface area (Å²) in [5.41, 5.74) is -2.23. The fourth-order valence-electron chi connectivity index (χ4n) is 9.46. The van der Waals surface area contributed by atoms with Crippen molar-refractivity contribution in [3.63, 3.8) is 0 Å². The Balaban J connectivity index is 1.23. The molecule has 12 heteroatoms. The van der Waals surface area contributed by atoms with Gasteiger partial charge in [-0.3, -0.25) is 19.2 Å². The minimum atomic E-state index is -4.37. The van der Waals surface area contributed by atoms with Gasteiger partial charge >= 0.3 is 29.8 Å². The van der Waals surface area contributed by atoms with E-state index in [1.807, 2.05) is 0 Å². The number of carbonyl (C=O) groups is 5. The summed E-state index contributed by atoms with van der Waals surface area (Å²) in [6, 6.07) is 0. The van der Waals surface area contributed by atoms with Crippen LogP contribution in [0.3, 0.4) is 0 Å². The highest BCUT2D eigenvalue weighted by Crippen LogP contribution is 2.65. The average molecular weight is 568 g/mol. The van der Waals surface area contributed by atoms with Gasteiger partial charge in [0, 0.05) is 25.2 Å². The van der Waals surface area contributed by atoms with Crippen molar-refractivity contribution in [1.29, 1.82) is 0 Å². The number of rotatable bonds is 8. The lowest BCUT2D eigenvalue weighted by Crippen LogP contribution is -2.62. The van der Waals surface area contributed by atoms with Crippen LogP contribution in [0.5, 0.6) is 0 Å². The van der Waals surface area contributed by atoms with Crippen molar-refractivity contribution in [2.24, 2.45) is 46.8 Å². The Morgan fingerprint density at radius 1 is 1.05 bits per heavy atom. The van der Waals surface area contributed by atoms with Crippen LogP contribution < -0.4 is 5.11 Å². The van der Waals surface area contributed by atoms with Crippen LogP contribution in [0, 0.1) is 46.8 Å². The molecule has 6 bridgehead atoms. The number of carbonyl (C=O) groups excluding carboxylic acids is 5. The lowest BCUT2D eigenvalue weighted by molar-refractivity contribution is -0.338. The second-order valence-electron chi connectivity index (χ2n) is 13.4. The normalized spacial score (nSPS) is 43.0. The molecule has 0 N–H and O–H groups in total. The maximum absolute atomic E-state index is 14.4. The molecule has 10 nitrogen and oxygen atoms in total. The molecule has 7 aliphatic rings. The molecule has 6 saturated carbocycles. The van der Waals surface area contributed by atoms with Crippen molar-refractivity contribution >= 4 is 29.8 Å². The second-order valence-corrected chi connectivity index (χ2v) is 13.4. The van der Waals surface area contributed by atoms with E-state index in [9.17, 15) is 37.9 Å². The molecule has 40 heavy (non-hydrogen) atoms. The Morgan fingerprint density at radius 3 is 2.27 bits per heavy atom. The van der Waals surface area contributed by atoms with Crippen LogP contribution in [-0.4, -0.2) is 59.7 Å². The molecule has 1 aliphatic heterocycles. The summed E-state index contributed by atoms with van der Waals surface area (Å²) in [5, 5.41) is 11.1. The van der Waals surface area contributed by atoms with Crippen molar-refractivity contribution in [2.75, 3.05) is 0 Å². The van der Waals surface area contributed by atoms with Gasteiger partial charge in [-0.25, -0.2) is 0 Å². The largest absolute Gasteiger partial charge is 0.544 e. The van der Waals surface area contributed by atoms with E-state index < -0.39 is 88.8 Å². The third-order valence-corrected chi connectivity index (χ3v) is 10.3. The van der Waals surface area contributed by atoms with Crippen molar-refractivity contribution in [3.8, 4) is 0 Å². The number of aliphatic carboxylic acids is 1. The van der Waals surface area contributed by atoms with Crippen molar-refractivity contribution in [1.82, 2.24) is 0 Å². The van der Waals surface area contributed by atoms with Gasteiger partial charge in [-0.1, -0.05) is 13.8 Å². The first-order valence-corrected chi connectivity index (χ1v) is 14.1. The number of hydrogen-bond donors (Lipinski definition) is 0. The zero-order valence-electron chi connectivity index (χ0n) is 22.6. The molecule has 7 fully saturated rings. The van der Waals surface area contributed by atoms with E-state index in [-0.39, 0.29) is 24.2 Å². The summed E-state index contributed by atoms with van der Waals surface area (Å²) in [5.74, 6) is -12.7. The molecule has 9 unspecified atom stereocenters. The molecule has 220 valence electrons. The third-order valence-electron chi connectivity index (χ3n) is 10.3. The van der Waals surface area contributed by atoms with Gasteiger partial charge in [-0.05, 0) is 56.3 Å². The molecule has 9 atom stereocenters. The number of esters is 4. The third kappa shape index (κ3) is 3.94. The standard InChI is InChI=1S/C28H34F2O10/c1-11(2)21(28(29,30)24(34)35)39-25(36)26-6-13-4-14(7-26)9-27(8-13,10-26)40-23(33)18-16-5-15-17(18)22(32)38-20(15)19(16)37-12(3)31/h11,13-21H,4-10H2,1-3H3,(H,34,35)/p-1. The Hall–Kier alpha value is -2.79. The highest BCUT2D eigenvalue weighted by molar-refractivity contribution is 5.87. The number of ether oxygens (including phenoxy) is 4. The van der Waals surface area contributed by atoms with Crippen LogP contribution in [0.25, 0.3) is 0 Å². The summed E-state index contributed by atoms with van der Waals surface area (Å²) in [4.78, 5) is 62.9. The first-order chi connectivity index (χ1) is 18.7. The van der Waals surface area contributed by atoms with E-state index in [0.717, 1.165) is 6.42 Å². The van der Waals surface area contributed by atoms with Crippen LogP contribution in [0.2, 0.25) is 0 Å². The number of carboxylic acids is 1. The van der Waals surface area contributed by atoms with Crippen LogP contribution in [-0.2, 0) is 42.9 Å². The first kappa shape index (κ1) is 27.4. The van der Waals surface area contributed by atoms with Crippen molar-refractivity contribution in [3.05, 3.63) is 0 Å². The summed E-state index contributed by atoms with van der Waals surface area (Å²) in [7, 11) is 0.